The smallest absolute Gasteiger partial charge is 0.335 e. The molecule has 1 aromatic rings. The zero-order valence-electron chi connectivity index (χ0n) is 12.5. The molecule has 0 atom stereocenters. The number of allylic oxidation sites excluding steroid dienone is 1. The van der Waals surface area contributed by atoms with Crippen LogP contribution in [0.1, 0.15) is 35.9 Å². The van der Waals surface area contributed by atoms with E-state index in [0.717, 1.165) is 0 Å². The molecule has 0 N–H and O–H groups in total. The maximum atomic E-state index is 12.2. The van der Waals surface area contributed by atoms with Gasteiger partial charge in [-0.3, -0.25) is 9.79 Å². The van der Waals surface area contributed by atoms with E-state index in [1.165, 1.54) is 11.3 Å². The summed E-state index contributed by atoms with van der Waals surface area (Å²) < 4.78 is 10.3. The molecule has 22 heavy (non-hydrogen) atoms. The largest absolute Gasteiger partial charge is 0.460 e. The second kappa shape index (κ2) is 8.60. The Balaban J connectivity index is 2.01. The molecule has 1 aliphatic heterocycles. The van der Waals surface area contributed by atoms with Crippen LogP contribution in [0.2, 0.25) is 0 Å². The number of hydrogen-bond acceptors (Lipinski definition) is 6. The minimum Gasteiger partial charge on any atom is -0.460 e. The Morgan fingerprint density at radius 1 is 1.36 bits per heavy atom. The Kier molecular flexibility index (Phi) is 6.48. The lowest BCUT2D eigenvalue weighted by Crippen LogP contribution is -2.16. The van der Waals surface area contributed by atoms with E-state index in [1.54, 1.807) is 12.3 Å². The predicted molar refractivity (Wildman–Crippen MR) is 85.5 cm³/mol. The zero-order valence-corrected chi connectivity index (χ0v) is 13.4. The molecule has 0 aromatic carbocycles. The van der Waals surface area contributed by atoms with Crippen LogP contribution in [-0.2, 0) is 14.3 Å². The first kappa shape index (κ1) is 16.6. The number of carbonyl (C=O) groups is 2. The van der Waals surface area contributed by atoms with Crippen LogP contribution < -0.4 is 0 Å². The number of hydrogen-bond donors (Lipinski definition) is 0. The summed E-state index contributed by atoms with van der Waals surface area (Å²) in [4.78, 5) is 29.2. The molecule has 1 aliphatic rings. The van der Waals surface area contributed by atoms with Gasteiger partial charge in [0.1, 0.15) is 6.61 Å². The van der Waals surface area contributed by atoms with Crippen LogP contribution >= 0.6 is 11.3 Å². The summed E-state index contributed by atoms with van der Waals surface area (Å²) >= 11 is 1.39. The molecule has 118 valence electrons. The Labute approximate surface area is 133 Å². The van der Waals surface area contributed by atoms with Gasteiger partial charge in [-0.25, -0.2) is 4.79 Å². The normalized spacial score (nSPS) is 14.2. The number of aliphatic imine (C=N–C) groups is 1. The molecule has 0 saturated heterocycles. The molecular weight excluding hydrogens is 302 g/mol. The fourth-order valence-electron chi connectivity index (χ4n) is 2.08. The second-order valence-corrected chi connectivity index (χ2v) is 5.63. The number of Topliss-reactive ketones (excluding diaryl/α,β-unsaturated/α-hetero) is 1. The van der Waals surface area contributed by atoms with Crippen molar-refractivity contribution in [1.29, 1.82) is 0 Å². The monoisotopic (exact) mass is 321 g/mol. The number of ether oxygens (including phenoxy) is 2. The Morgan fingerprint density at radius 2 is 2.23 bits per heavy atom. The first-order valence-corrected chi connectivity index (χ1v) is 8.16. The van der Waals surface area contributed by atoms with Crippen molar-refractivity contribution in [1.82, 2.24) is 0 Å². The Bertz CT molecular complexity index is 575. The van der Waals surface area contributed by atoms with Gasteiger partial charge in [0.05, 0.1) is 29.2 Å². The van der Waals surface area contributed by atoms with Crippen LogP contribution in [0, 0.1) is 0 Å². The average molecular weight is 321 g/mol. The van der Waals surface area contributed by atoms with Gasteiger partial charge in [-0.15, -0.1) is 11.3 Å². The summed E-state index contributed by atoms with van der Waals surface area (Å²) in [5, 5.41) is 1.86. The molecule has 1 aromatic heterocycles. The van der Waals surface area contributed by atoms with Crippen LogP contribution in [0.5, 0.6) is 0 Å². The van der Waals surface area contributed by atoms with Gasteiger partial charge in [0.15, 0.2) is 5.78 Å². The maximum Gasteiger partial charge on any atom is 0.335 e. The van der Waals surface area contributed by atoms with Crippen molar-refractivity contribution in [3.8, 4) is 0 Å². The third-order valence-corrected chi connectivity index (χ3v) is 4.07. The van der Waals surface area contributed by atoms with Gasteiger partial charge in [-0.2, -0.15) is 0 Å². The van der Waals surface area contributed by atoms with E-state index >= 15 is 0 Å². The number of carbonyl (C=O) groups excluding carboxylic acids is 2. The molecule has 0 radical (unpaired) electrons. The third-order valence-electron chi connectivity index (χ3n) is 3.15. The van der Waals surface area contributed by atoms with Crippen molar-refractivity contribution in [2.45, 2.75) is 26.2 Å². The van der Waals surface area contributed by atoms with Gasteiger partial charge in [0.2, 0.25) is 0 Å². The molecule has 0 aliphatic carbocycles. The Hall–Kier alpha value is -1.79. The number of esters is 1. The van der Waals surface area contributed by atoms with E-state index in [-0.39, 0.29) is 18.8 Å². The van der Waals surface area contributed by atoms with Gasteiger partial charge in [-0.05, 0) is 31.2 Å². The van der Waals surface area contributed by atoms with Gasteiger partial charge < -0.3 is 9.47 Å². The molecule has 0 bridgehead atoms. The van der Waals surface area contributed by atoms with Crippen LogP contribution in [0.15, 0.2) is 33.8 Å². The average Bonchev–Trinajstić information content (AvgIpc) is 3.06. The molecule has 5 nitrogen and oxygen atoms in total. The van der Waals surface area contributed by atoms with E-state index in [2.05, 4.69) is 4.99 Å². The van der Waals surface area contributed by atoms with Crippen molar-refractivity contribution < 1.29 is 19.1 Å². The van der Waals surface area contributed by atoms with Crippen molar-refractivity contribution in [2.24, 2.45) is 4.99 Å². The summed E-state index contributed by atoms with van der Waals surface area (Å²) in [6.07, 6.45) is 3.12. The number of ketones is 1. The van der Waals surface area contributed by atoms with Crippen LogP contribution in [-0.4, -0.2) is 37.8 Å². The first-order valence-electron chi connectivity index (χ1n) is 7.28. The molecule has 6 heteroatoms. The van der Waals surface area contributed by atoms with Crippen LogP contribution in [0.25, 0.3) is 0 Å². The number of nitrogens with zero attached hydrogens (tertiary/aromatic N) is 1. The van der Waals surface area contributed by atoms with E-state index in [4.69, 9.17) is 9.47 Å². The van der Waals surface area contributed by atoms with Crippen LogP contribution in [0.4, 0.5) is 0 Å². The van der Waals surface area contributed by atoms with Gasteiger partial charge in [0.25, 0.3) is 0 Å². The molecule has 0 fully saturated rings. The summed E-state index contributed by atoms with van der Waals surface area (Å²) in [6.45, 7) is 3.06. The van der Waals surface area contributed by atoms with E-state index in [9.17, 15) is 9.59 Å². The highest BCUT2D eigenvalue weighted by molar-refractivity contribution is 7.12. The molecule has 0 amide bonds. The van der Waals surface area contributed by atoms with Crippen molar-refractivity contribution >= 4 is 29.3 Å². The SMILES string of the molecule is CCOCCOC(=O)C1=C(CC(=O)c2cccs2)N=CCC1. The van der Waals surface area contributed by atoms with E-state index in [0.29, 0.717) is 42.2 Å². The van der Waals surface area contributed by atoms with Crippen LogP contribution in [0.3, 0.4) is 0 Å². The van der Waals surface area contributed by atoms with Gasteiger partial charge in [-0.1, -0.05) is 6.07 Å². The molecule has 2 heterocycles. The minimum absolute atomic E-state index is 0.0244. The lowest BCUT2D eigenvalue weighted by molar-refractivity contribution is -0.140. The molecule has 0 unspecified atom stereocenters. The third kappa shape index (κ3) is 4.61. The first-order chi connectivity index (χ1) is 10.7. The number of rotatable bonds is 8. The van der Waals surface area contributed by atoms with E-state index in [1.807, 2.05) is 18.4 Å². The quantitative estimate of drug-likeness (QED) is 0.419. The fourth-order valence-corrected chi connectivity index (χ4v) is 2.74. The highest BCUT2D eigenvalue weighted by Crippen LogP contribution is 2.23. The van der Waals surface area contributed by atoms with E-state index < -0.39 is 5.97 Å². The lowest BCUT2D eigenvalue weighted by Gasteiger charge is -2.14. The minimum atomic E-state index is -0.398. The summed E-state index contributed by atoms with van der Waals surface area (Å²) in [6, 6.07) is 3.61. The van der Waals surface area contributed by atoms with Gasteiger partial charge >= 0.3 is 5.97 Å². The predicted octanol–water partition coefficient (Wildman–Crippen LogP) is 3.02. The summed E-state index contributed by atoms with van der Waals surface area (Å²) in [5.74, 6) is -0.422. The van der Waals surface area contributed by atoms with Crippen molar-refractivity contribution in [2.75, 3.05) is 19.8 Å². The molecule has 2 rings (SSSR count). The highest BCUT2D eigenvalue weighted by atomic mass is 32.1. The summed E-state index contributed by atoms with van der Waals surface area (Å²) in [5.41, 5.74) is 1.02. The van der Waals surface area contributed by atoms with Gasteiger partial charge in [0, 0.05) is 12.8 Å². The zero-order chi connectivity index (χ0) is 15.8. The topological polar surface area (TPSA) is 65.0 Å². The lowest BCUT2D eigenvalue weighted by atomic mass is 10.0. The van der Waals surface area contributed by atoms with Crippen molar-refractivity contribution in [3.05, 3.63) is 33.7 Å². The molecule has 0 spiro atoms. The maximum absolute atomic E-state index is 12.2. The standard InChI is InChI=1S/C16H19NO4S/c1-2-20-8-9-21-16(19)12-5-3-7-17-13(12)11-14(18)15-6-4-10-22-15/h4,6-7,10H,2-3,5,8-9,11H2,1H3. The number of thiophene rings is 1. The molecular formula is C16H19NO4S. The summed E-state index contributed by atoms with van der Waals surface area (Å²) in [7, 11) is 0. The fraction of sp³-hybridized carbons (Fsp3) is 0.438. The molecule has 0 saturated carbocycles. The van der Waals surface area contributed by atoms with Crippen molar-refractivity contribution in [3.63, 3.8) is 0 Å². The highest BCUT2D eigenvalue weighted by Gasteiger charge is 2.21. The Morgan fingerprint density at radius 3 is 2.95 bits per heavy atom. The second-order valence-electron chi connectivity index (χ2n) is 4.69.